The van der Waals surface area contributed by atoms with Gasteiger partial charge in [-0.2, -0.15) is 5.26 Å². The van der Waals surface area contributed by atoms with Crippen LogP contribution >= 0.6 is 11.6 Å². The first-order valence-corrected chi connectivity index (χ1v) is 17.4. The topological polar surface area (TPSA) is 169 Å². The average molecular weight is 718 g/mol. The number of anilines is 1. The van der Waals surface area contributed by atoms with Crippen molar-refractivity contribution in [1.82, 2.24) is 24.8 Å². The van der Waals surface area contributed by atoms with E-state index in [4.69, 9.17) is 16.0 Å². The number of rotatable bonds is 10. The number of aliphatic carboxylic acids is 1. The van der Waals surface area contributed by atoms with Crippen LogP contribution in [0.4, 0.5) is 5.69 Å². The summed E-state index contributed by atoms with van der Waals surface area (Å²) in [5.74, 6) is -1.07. The van der Waals surface area contributed by atoms with Crippen LogP contribution in [-0.2, 0) is 17.9 Å². The molecule has 0 unspecified atom stereocenters. The fraction of sp³-hybridized carbons (Fsp3) is 0.282. The molecule has 0 aliphatic carbocycles. The third kappa shape index (κ3) is 7.44. The van der Waals surface area contributed by atoms with Crippen LogP contribution in [0.25, 0.3) is 34.4 Å². The number of oxazole rings is 1. The highest BCUT2D eigenvalue weighted by Gasteiger charge is 2.29. The standard InChI is InChI=1S/C39H36ClN7O5/c1-23-28(3-2-4-31(23)45-38(49)34-8-5-24(18-43-34)19-46-16-13-27(48)21-46)29-11-14-42-32(30(29)17-41)9-6-25-7-10-33-37(36(25)40)52-35(44-33)22-47-15-12-26(20-47)39(50)51/h2-11,14,18,26-27,48H,12-13,15-16,19-22H2,1H3,(H,45,49)(H,50,51)/b9-6+/t26-,27-/m1/s1. The summed E-state index contributed by atoms with van der Waals surface area (Å²) in [4.78, 5) is 42.1. The van der Waals surface area contributed by atoms with Gasteiger partial charge < -0.3 is 19.9 Å². The fourth-order valence-electron chi connectivity index (χ4n) is 6.82. The third-order valence-electron chi connectivity index (χ3n) is 9.65. The van der Waals surface area contributed by atoms with E-state index in [2.05, 4.69) is 31.2 Å². The molecule has 2 aliphatic rings. The second-order valence-corrected chi connectivity index (χ2v) is 13.6. The molecule has 2 aromatic carbocycles. The summed E-state index contributed by atoms with van der Waals surface area (Å²) in [6.45, 7) is 5.51. The molecule has 2 saturated heterocycles. The number of aliphatic hydroxyl groups excluding tert-OH is 1. The largest absolute Gasteiger partial charge is 0.481 e. The summed E-state index contributed by atoms with van der Waals surface area (Å²) >= 11 is 6.76. The number of hydrogen-bond acceptors (Lipinski definition) is 10. The Kier molecular flexibility index (Phi) is 10.1. The highest BCUT2D eigenvalue weighted by atomic mass is 35.5. The number of fused-ring (bicyclic) bond motifs is 1. The number of pyridine rings is 2. The Bertz CT molecular complexity index is 2230. The number of benzene rings is 2. The molecular weight excluding hydrogens is 682 g/mol. The Morgan fingerprint density at radius 2 is 1.87 bits per heavy atom. The lowest BCUT2D eigenvalue weighted by Gasteiger charge is -2.15. The van der Waals surface area contributed by atoms with Gasteiger partial charge in [0, 0.05) is 49.8 Å². The minimum Gasteiger partial charge on any atom is -0.481 e. The number of nitriles is 1. The molecule has 2 aliphatic heterocycles. The van der Waals surface area contributed by atoms with E-state index in [1.807, 2.05) is 42.2 Å². The maximum absolute atomic E-state index is 13.2. The summed E-state index contributed by atoms with van der Waals surface area (Å²) in [6.07, 6.45) is 7.88. The molecule has 7 rings (SSSR count). The van der Waals surface area contributed by atoms with Gasteiger partial charge in [-0.1, -0.05) is 41.9 Å². The van der Waals surface area contributed by atoms with E-state index >= 15 is 0 Å². The zero-order valence-electron chi connectivity index (χ0n) is 28.4. The van der Waals surface area contributed by atoms with Crippen molar-refractivity contribution in [3.63, 3.8) is 0 Å². The summed E-state index contributed by atoms with van der Waals surface area (Å²) in [5.41, 5.74) is 6.52. The second kappa shape index (κ2) is 15.0. The molecule has 5 heterocycles. The van der Waals surface area contributed by atoms with Gasteiger partial charge in [0.2, 0.25) is 5.89 Å². The molecule has 3 N–H and O–H groups in total. The van der Waals surface area contributed by atoms with Crippen molar-refractivity contribution in [3.8, 4) is 17.2 Å². The molecular formula is C39H36ClN7O5. The van der Waals surface area contributed by atoms with E-state index in [1.54, 1.807) is 42.7 Å². The van der Waals surface area contributed by atoms with Gasteiger partial charge >= 0.3 is 5.97 Å². The predicted molar refractivity (Wildman–Crippen MR) is 196 cm³/mol. The molecule has 264 valence electrons. The van der Waals surface area contributed by atoms with Crippen LogP contribution in [0.2, 0.25) is 5.02 Å². The number of amides is 1. The molecule has 3 aromatic heterocycles. The zero-order valence-corrected chi connectivity index (χ0v) is 29.2. The zero-order chi connectivity index (χ0) is 36.4. The SMILES string of the molecule is Cc1c(NC(=O)c2ccc(CN3CC[C@@H](O)C3)cn2)cccc1-c1ccnc(/C=C/c2ccc3nc(CN4CC[C@@H](C(=O)O)C4)oc3c2Cl)c1C#N. The highest BCUT2D eigenvalue weighted by Crippen LogP contribution is 2.34. The molecule has 13 heteroatoms. The van der Waals surface area contributed by atoms with Gasteiger partial charge in [0.15, 0.2) is 5.58 Å². The molecule has 0 saturated carbocycles. The number of carbonyl (C=O) groups is 2. The first-order chi connectivity index (χ1) is 25.2. The van der Waals surface area contributed by atoms with Crippen LogP contribution < -0.4 is 5.32 Å². The number of carboxylic acid groups (broad SMARTS) is 1. The lowest BCUT2D eigenvalue weighted by Crippen LogP contribution is -2.22. The fourth-order valence-corrected chi connectivity index (χ4v) is 7.08. The Balaban J connectivity index is 1.07. The predicted octanol–water partition coefficient (Wildman–Crippen LogP) is 6.01. The number of nitrogens with one attached hydrogen (secondary N) is 1. The van der Waals surface area contributed by atoms with Gasteiger partial charge in [-0.3, -0.25) is 29.4 Å². The Labute approximate surface area is 305 Å². The lowest BCUT2D eigenvalue weighted by atomic mass is 9.94. The van der Waals surface area contributed by atoms with Gasteiger partial charge in [0.25, 0.3) is 5.91 Å². The summed E-state index contributed by atoms with van der Waals surface area (Å²) in [6, 6.07) is 16.8. The van der Waals surface area contributed by atoms with Crippen molar-refractivity contribution in [2.24, 2.45) is 5.92 Å². The summed E-state index contributed by atoms with van der Waals surface area (Å²) in [5, 5.41) is 32.7. The van der Waals surface area contributed by atoms with E-state index in [-0.39, 0.29) is 17.7 Å². The average Bonchev–Trinajstić information content (AvgIpc) is 3.89. The van der Waals surface area contributed by atoms with Crippen molar-refractivity contribution in [3.05, 3.63) is 105 Å². The van der Waals surface area contributed by atoms with Gasteiger partial charge in [0.05, 0.1) is 34.8 Å². The van der Waals surface area contributed by atoms with Crippen molar-refractivity contribution >= 4 is 52.4 Å². The second-order valence-electron chi connectivity index (χ2n) is 13.2. The number of carboxylic acids is 1. The molecule has 5 aromatic rings. The van der Waals surface area contributed by atoms with Crippen LogP contribution in [0, 0.1) is 24.2 Å². The summed E-state index contributed by atoms with van der Waals surface area (Å²) < 4.78 is 6.01. The number of β-amino-alcohol motifs (C(OH)–C–C–N with tert-alkyl or cyclic N) is 1. The molecule has 52 heavy (non-hydrogen) atoms. The van der Waals surface area contributed by atoms with Crippen LogP contribution in [0.3, 0.4) is 0 Å². The van der Waals surface area contributed by atoms with Crippen molar-refractivity contribution < 1.29 is 24.2 Å². The summed E-state index contributed by atoms with van der Waals surface area (Å²) in [7, 11) is 0. The number of nitrogens with zero attached hydrogens (tertiary/aromatic N) is 6. The van der Waals surface area contributed by atoms with Gasteiger partial charge in [-0.15, -0.1) is 0 Å². The quantitative estimate of drug-likeness (QED) is 0.155. The van der Waals surface area contributed by atoms with Crippen molar-refractivity contribution in [2.45, 2.75) is 39.0 Å². The van der Waals surface area contributed by atoms with E-state index in [1.165, 1.54) is 0 Å². The van der Waals surface area contributed by atoms with E-state index in [9.17, 15) is 25.1 Å². The van der Waals surface area contributed by atoms with Gasteiger partial charge in [-0.05, 0) is 78.9 Å². The van der Waals surface area contributed by atoms with E-state index in [0.717, 1.165) is 29.7 Å². The number of likely N-dealkylation sites (tertiary alicyclic amines) is 2. The van der Waals surface area contributed by atoms with Crippen LogP contribution in [0.15, 0.2) is 65.3 Å². The molecule has 2 atom stereocenters. The molecule has 2 fully saturated rings. The number of hydrogen-bond donors (Lipinski definition) is 3. The molecule has 1 amide bonds. The minimum absolute atomic E-state index is 0.280. The number of aliphatic hydroxyl groups is 1. The number of carbonyl (C=O) groups excluding carboxylic acids is 1. The van der Waals surface area contributed by atoms with E-state index in [0.29, 0.717) is 89.2 Å². The number of halogens is 1. The van der Waals surface area contributed by atoms with Crippen LogP contribution in [-0.4, -0.2) is 79.1 Å². The highest BCUT2D eigenvalue weighted by molar-refractivity contribution is 6.36. The third-order valence-corrected chi connectivity index (χ3v) is 10.0. The minimum atomic E-state index is -0.793. The molecule has 0 spiro atoms. The number of aromatic nitrogens is 3. The van der Waals surface area contributed by atoms with Crippen LogP contribution in [0.5, 0.6) is 0 Å². The monoisotopic (exact) mass is 717 g/mol. The van der Waals surface area contributed by atoms with Gasteiger partial charge in [-0.25, -0.2) is 4.98 Å². The molecule has 0 radical (unpaired) electrons. The maximum atomic E-state index is 13.2. The maximum Gasteiger partial charge on any atom is 0.307 e. The molecule has 12 nitrogen and oxygen atoms in total. The first kappa shape index (κ1) is 35.0. The normalized spacial score (nSPS) is 18.0. The van der Waals surface area contributed by atoms with Crippen molar-refractivity contribution in [1.29, 1.82) is 5.26 Å². The smallest absolute Gasteiger partial charge is 0.307 e. The van der Waals surface area contributed by atoms with Crippen LogP contribution in [0.1, 0.15) is 57.2 Å². The molecule has 0 bridgehead atoms. The van der Waals surface area contributed by atoms with Gasteiger partial charge in [0.1, 0.15) is 17.3 Å². The first-order valence-electron chi connectivity index (χ1n) is 17.0. The lowest BCUT2D eigenvalue weighted by molar-refractivity contribution is -0.141. The van der Waals surface area contributed by atoms with Crippen molar-refractivity contribution in [2.75, 3.05) is 31.5 Å². The van der Waals surface area contributed by atoms with E-state index < -0.39 is 11.9 Å². The Morgan fingerprint density at radius 1 is 1.04 bits per heavy atom. The Hall–Kier alpha value is -5.45. The Morgan fingerprint density at radius 3 is 2.60 bits per heavy atom.